The molecule has 4 heteroatoms. The minimum Gasteiger partial charge on any atom is -0.319 e. The number of hydrogen-bond donors (Lipinski definition) is 0. The van der Waals surface area contributed by atoms with E-state index >= 15 is 0 Å². The summed E-state index contributed by atoms with van der Waals surface area (Å²) in [5.74, 6) is 0. The SMILES string of the molecule is CN1CCN(Cc2ccn(C)c(=O)c2)CC1. The van der Waals surface area contributed by atoms with Gasteiger partial charge in [0.15, 0.2) is 0 Å². The molecule has 0 amide bonds. The maximum Gasteiger partial charge on any atom is 0.250 e. The molecule has 4 nitrogen and oxygen atoms in total. The minimum absolute atomic E-state index is 0.0756. The first kappa shape index (κ1) is 11.4. The Bertz CT molecular complexity index is 405. The lowest BCUT2D eigenvalue weighted by Gasteiger charge is -2.32. The lowest BCUT2D eigenvalue weighted by molar-refractivity contribution is 0.148. The highest BCUT2D eigenvalue weighted by Crippen LogP contribution is 2.05. The van der Waals surface area contributed by atoms with Gasteiger partial charge in [0.05, 0.1) is 0 Å². The summed E-state index contributed by atoms with van der Waals surface area (Å²) in [4.78, 5) is 16.2. The largest absolute Gasteiger partial charge is 0.319 e. The normalized spacial score (nSPS) is 18.9. The molecule has 1 fully saturated rings. The van der Waals surface area contributed by atoms with E-state index in [1.165, 1.54) is 0 Å². The number of aromatic nitrogens is 1. The molecule has 0 bridgehead atoms. The van der Waals surface area contributed by atoms with E-state index in [9.17, 15) is 4.79 Å². The molecule has 1 aliphatic heterocycles. The number of pyridine rings is 1. The highest BCUT2D eigenvalue weighted by Gasteiger charge is 2.13. The summed E-state index contributed by atoms with van der Waals surface area (Å²) in [7, 11) is 3.93. The van der Waals surface area contributed by atoms with Crippen LogP contribution in [0.15, 0.2) is 23.1 Å². The fraction of sp³-hybridized carbons (Fsp3) is 0.583. The van der Waals surface area contributed by atoms with E-state index in [2.05, 4.69) is 16.8 Å². The Morgan fingerprint density at radius 2 is 1.88 bits per heavy atom. The topological polar surface area (TPSA) is 28.5 Å². The summed E-state index contributed by atoms with van der Waals surface area (Å²) >= 11 is 0. The van der Waals surface area contributed by atoms with E-state index in [1.807, 2.05) is 12.3 Å². The molecule has 0 N–H and O–H groups in total. The van der Waals surface area contributed by atoms with Crippen molar-refractivity contribution >= 4 is 0 Å². The minimum atomic E-state index is 0.0756. The fourth-order valence-corrected chi connectivity index (χ4v) is 1.95. The average Bonchev–Trinajstić information content (AvgIpc) is 2.27. The molecular formula is C12H19N3O. The Morgan fingerprint density at radius 3 is 2.50 bits per heavy atom. The number of likely N-dealkylation sites (N-methyl/N-ethyl adjacent to an activating group) is 1. The molecule has 0 aromatic carbocycles. The van der Waals surface area contributed by atoms with Gasteiger partial charge in [0.2, 0.25) is 0 Å². The quantitative estimate of drug-likeness (QED) is 0.711. The lowest BCUT2D eigenvalue weighted by Crippen LogP contribution is -2.44. The first-order chi connectivity index (χ1) is 7.65. The number of piperazine rings is 1. The number of hydrogen-bond acceptors (Lipinski definition) is 3. The molecule has 0 unspecified atom stereocenters. The molecule has 1 saturated heterocycles. The van der Waals surface area contributed by atoms with E-state index < -0.39 is 0 Å². The molecule has 16 heavy (non-hydrogen) atoms. The Kier molecular flexibility index (Phi) is 3.41. The first-order valence-corrected chi connectivity index (χ1v) is 5.71. The Balaban J connectivity index is 1.99. The van der Waals surface area contributed by atoms with Crippen molar-refractivity contribution in [1.82, 2.24) is 14.4 Å². The van der Waals surface area contributed by atoms with E-state index in [4.69, 9.17) is 0 Å². The smallest absolute Gasteiger partial charge is 0.250 e. The van der Waals surface area contributed by atoms with Gasteiger partial charge < -0.3 is 9.47 Å². The molecule has 1 aromatic rings. The van der Waals surface area contributed by atoms with Crippen LogP contribution in [0.2, 0.25) is 0 Å². The van der Waals surface area contributed by atoms with Gasteiger partial charge >= 0.3 is 0 Å². The Hall–Kier alpha value is -1.13. The molecule has 88 valence electrons. The molecular weight excluding hydrogens is 202 g/mol. The summed E-state index contributed by atoms with van der Waals surface area (Å²) in [6, 6.07) is 3.76. The number of aryl methyl sites for hydroxylation is 1. The lowest BCUT2D eigenvalue weighted by atomic mass is 10.2. The van der Waals surface area contributed by atoms with E-state index in [0.29, 0.717) is 0 Å². The van der Waals surface area contributed by atoms with Gasteiger partial charge in [-0.25, -0.2) is 0 Å². The summed E-state index contributed by atoms with van der Waals surface area (Å²) in [5, 5.41) is 0. The average molecular weight is 221 g/mol. The van der Waals surface area contributed by atoms with Gasteiger partial charge in [0.25, 0.3) is 5.56 Å². The highest BCUT2D eigenvalue weighted by atomic mass is 16.1. The Labute approximate surface area is 96.1 Å². The van der Waals surface area contributed by atoms with Gasteiger partial charge in [-0.1, -0.05) is 0 Å². The van der Waals surface area contributed by atoms with Crippen LogP contribution in [0.3, 0.4) is 0 Å². The van der Waals surface area contributed by atoms with Crippen molar-refractivity contribution < 1.29 is 0 Å². The first-order valence-electron chi connectivity index (χ1n) is 5.71. The maximum atomic E-state index is 11.5. The zero-order valence-corrected chi connectivity index (χ0v) is 10.0. The highest BCUT2D eigenvalue weighted by molar-refractivity contribution is 5.10. The van der Waals surface area contributed by atoms with E-state index in [1.54, 1.807) is 17.7 Å². The van der Waals surface area contributed by atoms with Crippen LogP contribution in [0.5, 0.6) is 0 Å². The molecule has 2 rings (SSSR count). The van der Waals surface area contributed by atoms with Crippen molar-refractivity contribution in [1.29, 1.82) is 0 Å². The van der Waals surface area contributed by atoms with Gasteiger partial charge in [-0.05, 0) is 18.7 Å². The van der Waals surface area contributed by atoms with Crippen LogP contribution >= 0.6 is 0 Å². The predicted octanol–water partition coefficient (Wildman–Crippen LogP) is 0.133. The zero-order valence-electron chi connectivity index (χ0n) is 10.0. The monoisotopic (exact) mass is 221 g/mol. The number of nitrogens with zero attached hydrogens (tertiary/aromatic N) is 3. The second-order valence-corrected chi connectivity index (χ2v) is 4.56. The van der Waals surface area contributed by atoms with Crippen LogP contribution in [-0.4, -0.2) is 47.6 Å². The summed E-state index contributed by atoms with van der Waals surface area (Å²) in [5.41, 5.74) is 1.19. The number of rotatable bonds is 2. The van der Waals surface area contributed by atoms with Crippen LogP contribution < -0.4 is 5.56 Å². The van der Waals surface area contributed by atoms with Gasteiger partial charge in [0, 0.05) is 52.0 Å². The van der Waals surface area contributed by atoms with Crippen molar-refractivity contribution in [2.45, 2.75) is 6.54 Å². The maximum absolute atomic E-state index is 11.5. The molecule has 1 aliphatic rings. The van der Waals surface area contributed by atoms with Crippen molar-refractivity contribution in [3.8, 4) is 0 Å². The standard InChI is InChI=1S/C12H19N3O/c1-13-5-7-15(8-6-13)10-11-3-4-14(2)12(16)9-11/h3-4,9H,5-8,10H2,1-2H3. The van der Waals surface area contributed by atoms with E-state index in [-0.39, 0.29) is 5.56 Å². The molecule has 0 saturated carbocycles. The van der Waals surface area contributed by atoms with Crippen molar-refractivity contribution in [3.63, 3.8) is 0 Å². The van der Waals surface area contributed by atoms with Gasteiger partial charge in [0.1, 0.15) is 0 Å². The molecule has 2 heterocycles. The molecule has 0 radical (unpaired) electrons. The third-order valence-electron chi connectivity index (χ3n) is 3.17. The van der Waals surface area contributed by atoms with Crippen LogP contribution in [0.25, 0.3) is 0 Å². The van der Waals surface area contributed by atoms with Crippen LogP contribution in [0.1, 0.15) is 5.56 Å². The van der Waals surface area contributed by atoms with E-state index in [0.717, 1.165) is 38.3 Å². The predicted molar refractivity (Wildman–Crippen MR) is 64.5 cm³/mol. The van der Waals surface area contributed by atoms with Crippen LogP contribution in [0.4, 0.5) is 0 Å². The third kappa shape index (κ3) is 2.71. The summed E-state index contributed by atoms with van der Waals surface area (Å²) in [6.45, 7) is 5.30. The molecule has 1 aromatic heterocycles. The second kappa shape index (κ2) is 4.80. The summed E-state index contributed by atoms with van der Waals surface area (Å²) < 4.78 is 1.60. The van der Waals surface area contributed by atoms with Crippen molar-refractivity contribution in [2.24, 2.45) is 7.05 Å². The van der Waals surface area contributed by atoms with Crippen LogP contribution in [0, 0.1) is 0 Å². The third-order valence-corrected chi connectivity index (χ3v) is 3.17. The van der Waals surface area contributed by atoms with Gasteiger partial charge in [-0.2, -0.15) is 0 Å². The molecule has 0 aliphatic carbocycles. The Morgan fingerprint density at radius 1 is 1.19 bits per heavy atom. The van der Waals surface area contributed by atoms with Gasteiger partial charge in [-0.3, -0.25) is 9.69 Å². The molecule has 0 spiro atoms. The second-order valence-electron chi connectivity index (χ2n) is 4.56. The van der Waals surface area contributed by atoms with Gasteiger partial charge in [-0.15, -0.1) is 0 Å². The summed E-state index contributed by atoms with van der Waals surface area (Å²) in [6.07, 6.45) is 1.84. The zero-order chi connectivity index (χ0) is 11.5. The van der Waals surface area contributed by atoms with Crippen LogP contribution in [-0.2, 0) is 13.6 Å². The molecule has 0 atom stereocenters. The fourth-order valence-electron chi connectivity index (χ4n) is 1.95. The van der Waals surface area contributed by atoms with Crippen molar-refractivity contribution in [3.05, 3.63) is 34.2 Å². The van der Waals surface area contributed by atoms with Crippen molar-refractivity contribution in [2.75, 3.05) is 33.2 Å².